The van der Waals surface area contributed by atoms with Crippen LogP contribution in [0, 0.1) is 0 Å². The fourth-order valence-corrected chi connectivity index (χ4v) is 1.27. The van der Waals surface area contributed by atoms with Gasteiger partial charge in [-0.05, 0) is 18.9 Å². The van der Waals surface area contributed by atoms with E-state index in [1.807, 2.05) is 0 Å². The van der Waals surface area contributed by atoms with Gasteiger partial charge in [0.25, 0.3) is 0 Å². The third kappa shape index (κ3) is 2.60. The van der Waals surface area contributed by atoms with E-state index in [0.29, 0.717) is 23.8 Å². The van der Waals surface area contributed by atoms with Gasteiger partial charge in [-0.1, -0.05) is 5.16 Å². The quantitative estimate of drug-likeness (QED) is 0.751. The van der Waals surface area contributed by atoms with Crippen LogP contribution in [-0.2, 0) is 6.42 Å². The first-order chi connectivity index (χ1) is 7.90. The van der Waals surface area contributed by atoms with E-state index in [1.165, 1.54) is 6.33 Å². The Morgan fingerprint density at radius 1 is 1.31 bits per heavy atom. The Balaban J connectivity index is 2.02. The molecule has 0 bridgehead atoms. The molecule has 6 nitrogen and oxygen atoms in total. The number of nitrogens with zero attached hydrogens (tertiary/aromatic N) is 4. The van der Waals surface area contributed by atoms with E-state index in [1.54, 1.807) is 12.3 Å². The highest BCUT2D eigenvalue weighted by Crippen LogP contribution is 2.12. The number of aliphatic hydroxyl groups excluding tert-OH is 1. The molecule has 2 rings (SSSR count). The summed E-state index contributed by atoms with van der Waals surface area (Å²) in [5.41, 5.74) is 0.646. The van der Waals surface area contributed by atoms with Crippen molar-refractivity contribution in [3.05, 3.63) is 24.5 Å². The Morgan fingerprint density at radius 3 is 3.00 bits per heavy atom. The highest BCUT2D eigenvalue weighted by molar-refractivity contribution is 5.46. The van der Waals surface area contributed by atoms with Crippen molar-refractivity contribution in [1.29, 1.82) is 0 Å². The van der Waals surface area contributed by atoms with Gasteiger partial charge in [0.1, 0.15) is 12.0 Å². The smallest absolute Gasteiger partial charge is 0.227 e. The van der Waals surface area contributed by atoms with E-state index in [0.717, 1.165) is 12.8 Å². The SMILES string of the molecule is OCCCCc1nc(-c2ccncn2)no1. The summed E-state index contributed by atoms with van der Waals surface area (Å²) in [6.45, 7) is 0.187. The first-order valence-electron chi connectivity index (χ1n) is 5.10. The van der Waals surface area contributed by atoms with Gasteiger partial charge in [-0.2, -0.15) is 4.98 Å². The molecule has 0 radical (unpaired) electrons. The fraction of sp³-hybridized carbons (Fsp3) is 0.400. The predicted octanol–water partition coefficient (Wildman–Crippen LogP) is 0.842. The molecule has 16 heavy (non-hydrogen) atoms. The maximum atomic E-state index is 8.64. The second-order valence-electron chi connectivity index (χ2n) is 3.29. The Morgan fingerprint density at radius 2 is 2.25 bits per heavy atom. The highest BCUT2D eigenvalue weighted by Gasteiger charge is 2.08. The molecule has 0 aliphatic rings. The summed E-state index contributed by atoms with van der Waals surface area (Å²) >= 11 is 0. The molecule has 2 aromatic rings. The summed E-state index contributed by atoms with van der Waals surface area (Å²) in [5, 5.41) is 12.5. The molecule has 0 amide bonds. The third-order valence-corrected chi connectivity index (χ3v) is 2.08. The number of rotatable bonds is 5. The van der Waals surface area contributed by atoms with Crippen LogP contribution in [0.5, 0.6) is 0 Å². The summed E-state index contributed by atoms with van der Waals surface area (Å²) in [6, 6.07) is 1.72. The van der Waals surface area contributed by atoms with Crippen molar-refractivity contribution in [2.24, 2.45) is 0 Å². The topological polar surface area (TPSA) is 84.9 Å². The van der Waals surface area contributed by atoms with Crippen LogP contribution in [0.3, 0.4) is 0 Å². The summed E-state index contributed by atoms with van der Waals surface area (Å²) in [5.74, 6) is 1.04. The summed E-state index contributed by atoms with van der Waals surface area (Å²) in [7, 11) is 0. The molecule has 0 aliphatic carbocycles. The fourth-order valence-electron chi connectivity index (χ4n) is 1.27. The van der Waals surface area contributed by atoms with E-state index in [-0.39, 0.29) is 6.61 Å². The molecule has 84 valence electrons. The lowest BCUT2D eigenvalue weighted by molar-refractivity contribution is 0.281. The number of aryl methyl sites for hydroxylation is 1. The normalized spacial score (nSPS) is 10.6. The highest BCUT2D eigenvalue weighted by atomic mass is 16.5. The average Bonchev–Trinajstić information content (AvgIpc) is 2.79. The van der Waals surface area contributed by atoms with Crippen LogP contribution in [0.4, 0.5) is 0 Å². The monoisotopic (exact) mass is 220 g/mol. The first kappa shape index (κ1) is 10.7. The molecule has 0 atom stereocenters. The maximum Gasteiger partial charge on any atom is 0.227 e. The lowest BCUT2D eigenvalue weighted by atomic mass is 10.2. The minimum absolute atomic E-state index is 0.187. The number of hydrogen-bond acceptors (Lipinski definition) is 6. The van der Waals surface area contributed by atoms with Crippen molar-refractivity contribution in [2.45, 2.75) is 19.3 Å². The van der Waals surface area contributed by atoms with Crippen molar-refractivity contribution >= 4 is 0 Å². The molecule has 0 fully saturated rings. The van der Waals surface area contributed by atoms with Gasteiger partial charge in [-0.15, -0.1) is 0 Å². The van der Waals surface area contributed by atoms with Gasteiger partial charge in [0.05, 0.1) is 0 Å². The van der Waals surface area contributed by atoms with E-state index < -0.39 is 0 Å². The molecule has 0 spiro atoms. The van der Waals surface area contributed by atoms with Gasteiger partial charge in [0.2, 0.25) is 11.7 Å². The van der Waals surface area contributed by atoms with E-state index in [2.05, 4.69) is 20.1 Å². The van der Waals surface area contributed by atoms with E-state index >= 15 is 0 Å². The molecule has 0 aromatic carbocycles. The van der Waals surface area contributed by atoms with Crippen LogP contribution < -0.4 is 0 Å². The number of unbranched alkanes of at least 4 members (excludes halogenated alkanes) is 1. The Hall–Kier alpha value is -1.82. The van der Waals surface area contributed by atoms with Crippen LogP contribution in [-0.4, -0.2) is 31.8 Å². The van der Waals surface area contributed by atoms with Gasteiger partial charge < -0.3 is 9.63 Å². The largest absolute Gasteiger partial charge is 0.396 e. The molecular weight excluding hydrogens is 208 g/mol. The van der Waals surface area contributed by atoms with Gasteiger partial charge >= 0.3 is 0 Å². The second kappa shape index (κ2) is 5.32. The zero-order valence-corrected chi connectivity index (χ0v) is 8.70. The van der Waals surface area contributed by atoms with Crippen LogP contribution in [0.1, 0.15) is 18.7 Å². The zero-order chi connectivity index (χ0) is 11.2. The van der Waals surface area contributed by atoms with Gasteiger partial charge in [-0.3, -0.25) is 0 Å². The molecule has 0 saturated carbocycles. The van der Waals surface area contributed by atoms with Crippen molar-refractivity contribution in [2.75, 3.05) is 6.61 Å². The van der Waals surface area contributed by atoms with Crippen molar-refractivity contribution in [1.82, 2.24) is 20.1 Å². The molecule has 0 saturated heterocycles. The van der Waals surface area contributed by atoms with Gasteiger partial charge in [0.15, 0.2) is 0 Å². The van der Waals surface area contributed by atoms with E-state index in [9.17, 15) is 0 Å². The van der Waals surface area contributed by atoms with E-state index in [4.69, 9.17) is 9.63 Å². The number of hydrogen-bond donors (Lipinski definition) is 1. The molecule has 1 N–H and O–H groups in total. The molecule has 2 heterocycles. The molecule has 2 aromatic heterocycles. The lowest BCUT2D eigenvalue weighted by Crippen LogP contribution is -1.89. The lowest BCUT2D eigenvalue weighted by Gasteiger charge is -1.91. The average molecular weight is 220 g/mol. The molecule has 0 unspecified atom stereocenters. The minimum Gasteiger partial charge on any atom is -0.396 e. The van der Waals surface area contributed by atoms with Crippen LogP contribution in [0.15, 0.2) is 23.1 Å². The van der Waals surface area contributed by atoms with Crippen molar-refractivity contribution in [3.63, 3.8) is 0 Å². The standard InChI is InChI=1S/C10H12N4O2/c15-6-2-1-3-9-13-10(14-16-9)8-4-5-11-7-12-8/h4-5,7,15H,1-3,6H2. The maximum absolute atomic E-state index is 8.64. The van der Waals surface area contributed by atoms with Crippen molar-refractivity contribution < 1.29 is 9.63 Å². The van der Waals surface area contributed by atoms with Crippen molar-refractivity contribution in [3.8, 4) is 11.5 Å². The summed E-state index contributed by atoms with van der Waals surface area (Å²) in [6.07, 6.45) is 5.33. The van der Waals surface area contributed by atoms with Crippen LogP contribution in [0.25, 0.3) is 11.5 Å². The second-order valence-corrected chi connectivity index (χ2v) is 3.29. The molecule has 6 heteroatoms. The molecular formula is C10H12N4O2. The Bertz CT molecular complexity index is 429. The first-order valence-corrected chi connectivity index (χ1v) is 5.10. The van der Waals surface area contributed by atoms with Gasteiger partial charge in [-0.25, -0.2) is 9.97 Å². The predicted molar refractivity (Wildman–Crippen MR) is 55.3 cm³/mol. The molecule has 0 aliphatic heterocycles. The Labute approximate surface area is 92.4 Å². The summed E-state index contributed by atoms with van der Waals surface area (Å²) < 4.78 is 5.06. The zero-order valence-electron chi connectivity index (χ0n) is 8.70. The van der Waals surface area contributed by atoms with Crippen LogP contribution >= 0.6 is 0 Å². The minimum atomic E-state index is 0.187. The third-order valence-electron chi connectivity index (χ3n) is 2.08. The number of aliphatic hydroxyl groups is 1. The van der Waals surface area contributed by atoms with Gasteiger partial charge in [0, 0.05) is 19.2 Å². The summed E-state index contributed by atoms with van der Waals surface area (Å²) in [4.78, 5) is 12.0. The Kier molecular flexibility index (Phi) is 3.55. The van der Waals surface area contributed by atoms with Crippen LogP contribution in [0.2, 0.25) is 0 Å². The number of aromatic nitrogens is 4.